The number of nitrogens with one attached hydrogen (secondary N) is 1. The highest BCUT2D eigenvalue weighted by Gasteiger charge is 2.17. The van der Waals surface area contributed by atoms with Crippen LogP contribution in [0.25, 0.3) is 10.2 Å². The zero-order chi connectivity index (χ0) is 17.8. The number of hydrogen-bond acceptors (Lipinski definition) is 4. The number of nitrogen functional groups attached to an aromatic ring is 1. The van der Waals surface area contributed by atoms with Crippen LogP contribution in [0.1, 0.15) is 47.6 Å². The molecule has 1 aromatic carbocycles. The van der Waals surface area contributed by atoms with Gasteiger partial charge in [0.15, 0.2) is 0 Å². The number of amides is 1. The quantitative estimate of drug-likeness (QED) is 0.652. The Labute approximate surface area is 152 Å². The van der Waals surface area contributed by atoms with Gasteiger partial charge in [-0.15, -0.1) is 11.3 Å². The molecule has 0 saturated heterocycles. The molecule has 0 atom stereocenters. The fraction of sp³-hybridized carbons (Fsp3) is 0.300. The molecule has 0 bridgehead atoms. The predicted octanol–water partition coefficient (Wildman–Crippen LogP) is 5.04. The number of aryl methyl sites for hydroxylation is 2. The van der Waals surface area contributed by atoms with Crippen molar-refractivity contribution in [2.24, 2.45) is 0 Å². The van der Waals surface area contributed by atoms with Crippen LogP contribution in [0.3, 0.4) is 0 Å². The summed E-state index contributed by atoms with van der Waals surface area (Å²) in [5.74, 6) is -0.181. The molecule has 5 heteroatoms. The molecule has 3 N–H and O–H groups in total. The number of benzene rings is 1. The molecule has 3 rings (SSSR count). The molecular formula is C20H23N3OS. The molecular weight excluding hydrogens is 330 g/mol. The summed E-state index contributed by atoms with van der Waals surface area (Å²) in [6.45, 7) is 4.27. The van der Waals surface area contributed by atoms with Gasteiger partial charge in [0.25, 0.3) is 5.91 Å². The molecule has 25 heavy (non-hydrogen) atoms. The van der Waals surface area contributed by atoms with E-state index in [1.807, 2.05) is 36.4 Å². The normalized spacial score (nSPS) is 11.0. The van der Waals surface area contributed by atoms with Gasteiger partial charge in [-0.05, 0) is 49.1 Å². The Morgan fingerprint density at radius 2 is 1.92 bits per heavy atom. The standard InChI is InChI=1S/C20H23N3OS/c1-3-5-6-14-11-12-16-17(21)18(25-20(16)23-14)19(24)22-15-9-7-13(4-2)8-10-15/h7-12H,3-6,21H2,1-2H3,(H,22,24). The van der Waals surface area contributed by atoms with Crippen molar-refractivity contribution in [3.8, 4) is 0 Å². The number of carbonyl (C=O) groups excluding carboxylic acids is 1. The van der Waals surface area contributed by atoms with Crippen molar-refractivity contribution in [3.05, 3.63) is 52.5 Å². The Morgan fingerprint density at radius 1 is 1.16 bits per heavy atom. The smallest absolute Gasteiger partial charge is 0.267 e. The lowest BCUT2D eigenvalue weighted by Crippen LogP contribution is -2.11. The van der Waals surface area contributed by atoms with E-state index in [1.54, 1.807) is 0 Å². The number of rotatable bonds is 6. The summed E-state index contributed by atoms with van der Waals surface area (Å²) in [7, 11) is 0. The van der Waals surface area contributed by atoms with E-state index >= 15 is 0 Å². The van der Waals surface area contributed by atoms with Crippen molar-refractivity contribution in [1.82, 2.24) is 4.98 Å². The van der Waals surface area contributed by atoms with Crippen LogP contribution in [0.2, 0.25) is 0 Å². The number of thiophene rings is 1. The van der Waals surface area contributed by atoms with Crippen molar-refractivity contribution < 1.29 is 4.79 Å². The summed E-state index contributed by atoms with van der Waals surface area (Å²) in [6, 6.07) is 11.9. The minimum Gasteiger partial charge on any atom is -0.397 e. The largest absolute Gasteiger partial charge is 0.397 e. The minimum atomic E-state index is -0.181. The highest BCUT2D eigenvalue weighted by molar-refractivity contribution is 7.21. The summed E-state index contributed by atoms with van der Waals surface area (Å²) in [4.78, 5) is 18.6. The molecule has 0 spiro atoms. The van der Waals surface area contributed by atoms with Crippen LogP contribution < -0.4 is 11.1 Å². The topological polar surface area (TPSA) is 68.0 Å². The zero-order valence-electron chi connectivity index (χ0n) is 14.6. The number of fused-ring (bicyclic) bond motifs is 1. The van der Waals surface area contributed by atoms with Crippen LogP contribution >= 0.6 is 11.3 Å². The summed E-state index contributed by atoms with van der Waals surface area (Å²) in [5.41, 5.74) is 9.78. The van der Waals surface area contributed by atoms with E-state index in [1.165, 1.54) is 16.9 Å². The van der Waals surface area contributed by atoms with Gasteiger partial charge in [0, 0.05) is 16.8 Å². The first-order valence-corrected chi connectivity index (χ1v) is 9.52. The van der Waals surface area contributed by atoms with Crippen LogP contribution in [0, 0.1) is 0 Å². The Hall–Kier alpha value is -2.40. The lowest BCUT2D eigenvalue weighted by atomic mass is 10.1. The number of pyridine rings is 1. The monoisotopic (exact) mass is 353 g/mol. The molecule has 1 amide bonds. The summed E-state index contributed by atoms with van der Waals surface area (Å²) < 4.78 is 0. The molecule has 4 nitrogen and oxygen atoms in total. The first-order chi connectivity index (χ1) is 12.1. The molecule has 130 valence electrons. The second-order valence-corrected chi connectivity index (χ2v) is 7.11. The highest BCUT2D eigenvalue weighted by atomic mass is 32.1. The van der Waals surface area contributed by atoms with Gasteiger partial charge >= 0.3 is 0 Å². The van der Waals surface area contributed by atoms with E-state index < -0.39 is 0 Å². The Bertz CT molecular complexity index is 884. The maximum atomic E-state index is 12.6. The number of nitrogens with zero attached hydrogens (tertiary/aromatic N) is 1. The van der Waals surface area contributed by atoms with Gasteiger partial charge in [0.1, 0.15) is 9.71 Å². The van der Waals surface area contributed by atoms with E-state index in [0.717, 1.165) is 47.3 Å². The van der Waals surface area contributed by atoms with E-state index in [2.05, 4.69) is 24.1 Å². The average molecular weight is 353 g/mol. The maximum absolute atomic E-state index is 12.6. The second-order valence-electron chi connectivity index (χ2n) is 6.11. The van der Waals surface area contributed by atoms with Crippen molar-refractivity contribution >= 4 is 38.8 Å². The van der Waals surface area contributed by atoms with Crippen LogP contribution in [-0.2, 0) is 12.8 Å². The third-order valence-corrected chi connectivity index (χ3v) is 5.38. The Kier molecular flexibility index (Phi) is 5.34. The van der Waals surface area contributed by atoms with Gasteiger partial charge < -0.3 is 11.1 Å². The number of nitrogens with two attached hydrogens (primary N) is 1. The lowest BCUT2D eigenvalue weighted by molar-refractivity contribution is 0.103. The lowest BCUT2D eigenvalue weighted by Gasteiger charge is -2.05. The van der Waals surface area contributed by atoms with E-state index in [-0.39, 0.29) is 5.91 Å². The molecule has 2 aromatic heterocycles. The SMILES string of the molecule is CCCCc1ccc2c(N)c(C(=O)Nc3ccc(CC)cc3)sc2n1. The second kappa shape index (κ2) is 7.66. The van der Waals surface area contributed by atoms with Crippen molar-refractivity contribution in [2.75, 3.05) is 11.1 Å². The maximum Gasteiger partial charge on any atom is 0.267 e. The third-order valence-electron chi connectivity index (χ3n) is 4.26. The summed E-state index contributed by atoms with van der Waals surface area (Å²) >= 11 is 1.36. The van der Waals surface area contributed by atoms with E-state index in [9.17, 15) is 4.79 Å². The number of hydrogen-bond donors (Lipinski definition) is 2. The molecule has 0 fully saturated rings. The number of anilines is 2. The molecule has 0 aliphatic heterocycles. The number of unbranched alkanes of at least 4 members (excludes halogenated alkanes) is 1. The summed E-state index contributed by atoms with van der Waals surface area (Å²) in [5, 5.41) is 3.78. The molecule has 2 heterocycles. The van der Waals surface area contributed by atoms with E-state index in [4.69, 9.17) is 5.73 Å². The molecule has 0 radical (unpaired) electrons. The van der Waals surface area contributed by atoms with Crippen LogP contribution in [0.5, 0.6) is 0 Å². The van der Waals surface area contributed by atoms with Gasteiger partial charge in [-0.2, -0.15) is 0 Å². The van der Waals surface area contributed by atoms with Crippen molar-refractivity contribution in [1.29, 1.82) is 0 Å². The van der Waals surface area contributed by atoms with Crippen LogP contribution in [0.15, 0.2) is 36.4 Å². The van der Waals surface area contributed by atoms with Gasteiger partial charge in [0.2, 0.25) is 0 Å². The minimum absolute atomic E-state index is 0.181. The predicted molar refractivity (Wildman–Crippen MR) is 106 cm³/mol. The average Bonchev–Trinajstić information content (AvgIpc) is 2.97. The summed E-state index contributed by atoms with van der Waals surface area (Å²) in [6.07, 6.45) is 4.18. The van der Waals surface area contributed by atoms with Gasteiger partial charge in [-0.25, -0.2) is 4.98 Å². The molecule has 0 saturated carbocycles. The number of aromatic nitrogens is 1. The van der Waals surface area contributed by atoms with E-state index in [0.29, 0.717) is 10.6 Å². The van der Waals surface area contributed by atoms with Gasteiger partial charge in [0.05, 0.1) is 5.69 Å². The van der Waals surface area contributed by atoms with Crippen molar-refractivity contribution in [3.63, 3.8) is 0 Å². The highest BCUT2D eigenvalue weighted by Crippen LogP contribution is 2.33. The first-order valence-electron chi connectivity index (χ1n) is 8.70. The van der Waals surface area contributed by atoms with Crippen LogP contribution in [-0.4, -0.2) is 10.9 Å². The zero-order valence-corrected chi connectivity index (χ0v) is 15.5. The molecule has 3 aromatic rings. The molecule has 0 aliphatic carbocycles. The Morgan fingerprint density at radius 3 is 2.60 bits per heavy atom. The van der Waals surface area contributed by atoms with Gasteiger partial charge in [-0.3, -0.25) is 4.79 Å². The first kappa shape index (κ1) is 17.4. The third kappa shape index (κ3) is 3.82. The fourth-order valence-electron chi connectivity index (χ4n) is 2.71. The fourth-order valence-corrected chi connectivity index (χ4v) is 3.72. The van der Waals surface area contributed by atoms with Crippen molar-refractivity contribution in [2.45, 2.75) is 39.5 Å². The van der Waals surface area contributed by atoms with Gasteiger partial charge in [-0.1, -0.05) is 32.4 Å². The molecule has 0 aliphatic rings. The molecule has 0 unspecified atom stereocenters. The number of carbonyl (C=O) groups is 1. The Balaban J connectivity index is 1.83. The van der Waals surface area contributed by atoms with Crippen LogP contribution in [0.4, 0.5) is 11.4 Å².